The Hall–Kier alpha value is -1.42. The third-order valence-corrected chi connectivity index (χ3v) is 1.67. The molecule has 1 amide bonds. The second-order valence-electron chi connectivity index (χ2n) is 3.36. The number of hydrogen-bond donors (Lipinski definition) is 2. The zero-order valence-electron chi connectivity index (χ0n) is 7.61. The molecular formula is C9H12N2O2. The molecule has 0 fully saturated rings. The molecule has 1 aromatic heterocycles. The second kappa shape index (κ2) is 3.14. The summed E-state index contributed by atoms with van der Waals surface area (Å²) in [6.45, 7) is 3.25. The Morgan fingerprint density at radius 2 is 2.15 bits per heavy atom. The number of nitrogens with two attached hydrogens (primary N) is 1. The number of pyridine rings is 1. The minimum Gasteiger partial charge on any atom is -0.384 e. The van der Waals surface area contributed by atoms with E-state index in [0.29, 0.717) is 11.3 Å². The summed E-state index contributed by atoms with van der Waals surface area (Å²) < 4.78 is 0. The Morgan fingerprint density at radius 1 is 1.54 bits per heavy atom. The minimum atomic E-state index is -0.990. The molecule has 1 rings (SSSR count). The molecule has 13 heavy (non-hydrogen) atoms. The van der Waals surface area contributed by atoms with Gasteiger partial charge < -0.3 is 10.8 Å². The standard InChI is InChI=1S/C9H12N2O2/c1-9(2,13)7-4-3-6(5-11-7)8(10)12/h3-5,13H,1-2H3,(H2,10,12). The van der Waals surface area contributed by atoms with Crippen molar-refractivity contribution in [1.29, 1.82) is 0 Å². The molecule has 0 unspecified atom stereocenters. The Labute approximate surface area is 76.4 Å². The lowest BCUT2D eigenvalue weighted by Gasteiger charge is -2.15. The van der Waals surface area contributed by atoms with Gasteiger partial charge in [0.1, 0.15) is 5.60 Å². The number of carbonyl (C=O) groups is 1. The van der Waals surface area contributed by atoms with Crippen molar-refractivity contribution in [2.45, 2.75) is 19.4 Å². The molecule has 4 nitrogen and oxygen atoms in total. The third kappa shape index (κ3) is 2.26. The summed E-state index contributed by atoms with van der Waals surface area (Å²) in [4.78, 5) is 14.6. The first-order valence-corrected chi connectivity index (χ1v) is 3.90. The highest BCUT2D eigenvalue weighted by Gasteiger charge is 2.17. The largest absolute Gasteiger partial charge is 0.384 e. The number of hydrogen-bond acceptors (Lipinski definition) is 3. The van der Waals surface area contributed by atoms with Gasteiger partial charge in [-0.1, -0.05) is 0 Å². The lowest BCUT2D eigenvalue weighted by molar-refractivity contribution is 0.0737. The maximum atomic E-state index is 10.7. The van der Waals surface area contributed by atoms with Gasteiger partial charge in [0.25, 0.3) is 0 Å². The van der Waals surface area contributed by atoms with Crippen molar-refractivity contribution < 1.29 is 9.90 Å². The van der Waals surface area contributed by atoms with Crippen molar-refractivity contribution in [1.82, 2.24) is 4.98 Å². The minimum absolute atomic E-state index is 0.341. The summed E-state index contributed by atoms with van der Waals surface area (Å²) in [7, 11) is 0. The SMILES string of the molecule is CC(C)(O)c1ccc(C(N)=O)cn1. The third-order valence-electron chi connectivity index (χ3n) is 1.67. The molecule has 0 aliphatic carbocycles. The number of carbonyl (C=O) groups excluding carboxylic acids is 1. The summed E-state index contributed by atoms with van der Waals surface area (Å²) in [6, 6.07) is 3.13. The monoisotopic (exact) mass is 180 g/mol. The Bertz CT molecular complexity index is 311. The molecule has 0 bridgehead atoms. The van der Waals surface area contributed by atoms with Crippen molar-refractivity contribution >= 4 is 5.91 Å². The number of nitrogens with zero attached hydrogens (tertiary/aromatic N) is 1. The first-order valence-electron chi connectivity index (χ1n) is 3.90. The van der Waals surface area contributed by atoms with Crippen LogP contribution in [0.2, 0.25) is 0 Å². The molecular weight excluding hydrogens is 168 g/mol. The van der Waals surface area contributed by atoms with E-state index < -0.39 is 11.5 Å². The van der Waals surface area contributed by atoms with Crippen LogP contribution in [0.3, 0.4) is 0 Å². The highest BCUT2D eigenvalue weighted by atomic mass is 16.3. The van der Waals surface area contributed by atoms with Crippen LogP contribution in [-0.2, 0) is 5.60 Å². The molecule has 1 aromatic rings. The molecule has 0 saturated carbocycles. The first kappa shape index (κ1) is 9.67. The van der Waals surface area contributed by atoms with Gasteiger partial charge in [-0.05, 0) is 26.0 Å². The summed E-state index contributed by atoms with van der Waals surface area (Å²) >= 11 is 0. The van der Waals surface area contributed by atoms with Gasteiger partial charge in [0.15, 0.2) is 0 Å². The molecule has 0 aliphatic rings. The van der Waals surface area contributed by atoms with Crippen LogP contribution < -0.4 is 5.73 Å². The number of aromatic nitrogens is 1. The number of primary amides is 1. The quantitative estimate of drug-likeness (QED) is 0.692. The summed E-state index contributed by atoms with van der Waals surface area (Å²) in [5.41, 5.74) is 4.89. The molecule has 0 aliphatic heterocycles. The van der Waals surface area contributed by atoms with Crippen LogP contribution in [0.5, 0.6) is 0 Å². The van der Waals surface area contributed by atoms with Gasteiger partial charge in [0.05, 0.1) is 11.3 Å². The number of aliphatic hydroxyl groups is 1. The average molecular weight is 180 g/mol. The average Bonchev–Trinajstić information content (AvgIpc) is 2.03. The number of rotatable bonds is 2. The Morgan fingerprint density at radius 3 is 2.46 bits per heavy atom. The van der Waals surface area contributed by atoms with Crippen molar-refractivity contribution in [3.05, 3.63) is 29.6 Å². The van der Waals surface area contributed by atoms with E-state index in [1.54, 1.807) is 26.0 Å². The van der Waals surface area contributed by atoms with Crippen LogP contribution in [0.25, 0.3) is 0 Å². The fourth-order valence-electron chi connectivity index (χ4n) is 0.902. The molecule has 3 N–H and O–H groups in total. The van der Waals surface area contributed by atoms with E-state index in [0.717, 1.165) is 0 Å². The summed E-state index contributed by atoms with van der Waals surface area (Å²) in [5.74, 6) is -0.519. The van der Waals surface area contributed by atoms with E-state index in [2.05, 4.69) is 4.98 Å². The predicted octanol–water partition coefficient (Wildman–Crippen LogP) is 0.408. The van der Waals surface area contributed by atoms with Gasteiger partial charge in [0.2, 0.25) is 5.91 Å². The van der Waals surface area contributed by atoms with E-state index in [4.69, 9.17) is 5.73 Å². The van der Waals surface area contributed by atoms with Crippen LogP contribution >= 0.6 is 0 Å². The maximum Gasteiger partial charge on any atom is 0.250 e. The van der Waals surface area contributed by atoms with E-state index in [1.807, 2.05) is 0 Å². The van der Waals surface area contributed by atoms with Crippen molar-refractivity contribution in [3.63, 3.8) is 0 Å². The zero-order chi connectivity index (χ0) is 10.1. The first-order chi connectivity index (χ1) is 5.91. The predicted molar refractivity (Wildman–Crippen MR) is 48.0 cm³/mol. The van der Waals surface area contributed by atoms with E-state index in [-0.39, 0.29) is 0 Å². The Kier molecular flexibility index (Phi) is 2.34. The normalized spacial score (nSPS) is 11.3. The smallest absolute Gasteiger partial charge is 0.250 e. The van der Waals surface area contributed by atoms with Crippen LogP contribution in [0, 0.1) is 0 Å². The maximum absolute atomic E-state index is 10.7. The molecule has 0 radical (unpaired) electrons. The van der Waals surface area contributed by atoms with Crippen LogP contribution in [0.1, 0.15) is 29.9 Å². The van der Waals surface area contributed by atoms with Crippen molar-refractivity contribution in [2.75, 3.05) is 0 Å². The molecule has 0 aromatic carbocycles. The molecule has 70 valence electrons. The highest BCUT2D eigenvalue weighted by molar-refractivity contribution is 5.92. The zero-order valence-corrected chi connectivity index (χ0v) is 7.61. The van der Waals surface area contributed by atoms with Crippen LogP contribution in [0.4, 0.5) is 0 Å². The van der Waals surface area contributed by atoms with E-state index >= 15 is 0 Å². The van der Waals surface area contributed by atoms with Gasteiger partial charge in [-0.25, -0.2) is 0 Å². The lowest BCUT2D eigenvalue weighted by atomic mass is 10.0. The molecule has 0 atom stereocenters. The highest BCUT2D eigenvalue weighted by Crippen LogP contribution is 2.16. The van der Waals surface area contributed by atoms with E-state index in [1.165, 1.54) is 6.20 Å². The Balaban J connectivity index is 3.01. The second-order valence-corrected chi connectivity index (χ2v) is 3.36. The van der Waals surface area contributed by atoms with Crippen molar-refractivity contribution in [3.8, 4) is 0 Å². The van der Waals surface area contributed by atoms with Gasteiger partial charge in [-0.15, -0.1) is 0 Å². The number of amides is 1. The fraction of sp³-hybridized carbons (Fsp3) is 0.333. The molecule has 1 heterocycles. The summed E-state index contributed by atoms with van der Waals surface area (Å²) in [6.07, 6.45) is 1.36. The molecule has 0 spiro atoms. The van der Waals surface area contributed by atoms with E-state index in [9.17, 15) is 9.90 Å². The van der Waals surface area contributed by atoms with Gasteiger partial charge >= 0.3 is 0 Å². The van der Waals surface area contributed by atoms with Crippen LogP contribution in [-0.4, -0.2) is 16.0 Å². The lowest BCUT2D eigenvalue weighted by Crippen LogP contribution is -2.18. The van der Waals surface area contributed by atoms with Gasteiger partial charge in [0, 0.05) is 6.20 Å². The molecule has 0 saturated heterocycles. The topological polar surface area (TPSA) is 76.2 Å². The van der Waals surface area contributed by atoms with Gasteiger partial charge in [-0.2, -0.15) is 0 Å². The molecule has 4 heteroatoms. The van der Waals surface area contributed by atoms with Gasteiger partial charge in [-0.3, -0.25) is 9.78 Å². The van der Waals surface area contributed by atoms with Crippen molar-refractivity contribution in [2.24, 2.45) is 5.73 Å². The van der Waals surface area contributed by atoms with Crippen LogP contribution in [0.15, 0.2) is 18.3 Å². The fourth-order valence-corrected chi connectivity index (χ4v) is 0.902. The summed E-state index contributed by atoms with van der Waals surface area (Å²) in [5, 5.41) is 9.54.